The van der Waals surface area contributed by atoms with Crippen molar-refractivity contribution in [3.63, 3.8) is 0 Å². The highest BCUT2D eigenvalue weighted by Gasteiger charge is 2.14. The maximum atomic E-state index is 11.3. The van der Waals surface area contributed by atoms with Crippen LogP contribution in [0.5, 0.6) is 0 Å². The zero-order valence-corrected chi connectivity index (χ0v) is 9.19. The fraction of sp³-hybridized carbons (Fsp3) is 0.273. The Morgan fingerprint density at radius 2 is 2.27 bits per heavy atom. The van der Waals surface area contributed by atoms with Crippen LogP contribution in [0, 0.1) is 0 Å². The molecule has 15 heavy (non-hydrogen) atoms. The van der Waals surface area contributed by atoms with Crippen LogP contribution in [0.25, 0.3) is 0 Å². The molecule has 1 aliphatic heterocycles. The molecule has 0 radical (unpaired) electrons. The summed E-state index contributed by atoms with van der Waals surface area (Å²) >= 11 is 1.61. The van der Waals surface area contributed by atoms with E-state index in [-0.39, 0.29) is 11.7 Å². The predicted octanol–water partition coefficient (Wildman–Crippen LogP) is 2.32. The third-order valence-corrected chi connectivity index (χ3v) is 3.31. The second kappa shape index (κ2) is 4.06. The molecule has 78 valence electrons. The van der Waals surface area contributed by atoms with Crippen molar-refractivity contribution in [1.29, 1.82) is 0 Å². The molecule has 0 saturated carbocycles. The van der Waals surface area contributed by atoms with Crippen molar-refractivity contribution in [2.75, 3.05) is 11.1 Å². The molecular formula is C11H11NO2S. The van der Waals surface area contributed by atoms with Crippen LogP contribution in [0.1, 0.15) is 23.7 Å². The highest BCUT2D eigenvalue weighted by atomic mass is 32.2. The van der Waals surface area contributed by atoms with E-state index in [1.807, 2.05) is 6.07 Å². The first-order valence-electron chi connectivity index (χ1n) is 4.74. The van der Waals surface area contributed by atoms with E-state index in [0.29, 0.717) is 12.0 Å². The molecule has 4 heteroatoms. The summed E-state index contributed by atoms with van der Waals surface area (Å²) in [6, 6.07) is 5.38. The molecule has 1 amide bonds. The van der Waals surface area contributed by atoms with Crippen LogP contribution in [-0.4, -0.2) is 17.4 Å². The van der Waals surface area contributed by atoms with E-state index < -0.39 is 0 Å². The largest absolute Gasteiger partial charge is 0.325 e. The standard InChI is InChI=1S/C11H11NO2S/c1-7(13)8-2-3-9-10(6-8)15-5-4-11(14)12-9/h2-3,6H,4-5H2,1H3,(H,12,14). The third kappa shape index (κ3) is 2.21. The van der Waals surface area contributed by atoms with Crippen LogP contribution in [0.3, 0.4) is 0 Å². The van der Waals surface area contributed by atoms with Gasteiger partial charge in [-0.2, -0.15) is 0 Å². The van der Waals surface area contributed by atoms with Crippen LogP contribution >= 0.6 is 11.8 Å². The summed E-state index contributed by atoms with van der Waals surface area (Å²) < 4.78 is 0. The fourth-order valence-electron chi connectivity index (χ4n) is 1.43. The number of amides is 1. The molecule has 1 aromatic rings. The molecule has 1 aliphatic rings. The Morgan fingerprint density at radius 1 is 1.47 bits per heavy atom. The highest BCUT2D eigenvalue weighted by molar-refractivity contribution is 7.99. The van der Waals surface area contributed by atoms with Gasteiger partial charge < -0.3 is 5.32 Å². The summed E-state index contributed by atoms with van der Waals surface area (Å²) in [5.41, 5.74) is 1.50. The maximum absolute atomic E-state index is 11.3. The number of ketones is 1. The molecular weight excluding hydrogens is 210 g/mol. The Morgan fingerprint density at radius 3 is 3.00 bits per heavy atom. The van der Waals surface area contributed by atoms with Gasteiger partial charge in [0.25, 0.3) is 0 Å². The Balaban J connectivity index is 2.40. The fourth-order valence-corrected chi connectivity index (χ4v) is 2.42. The molecule has 3 nitrogen and oxygen atoms in total. The van der Waals surface area contributed by atoms with E-state index in [1.54, 1.807) is 30.8 Å². The number of hydrogen-bond acceptors (Lipinski definition) is 3. The number of benzene rings is 1. The minimum atomic E-state index is 0.0387. The molecule has 1 N–H and O–H groups in total. The normalized spacial score (nSPS) is 15.1. The Bertz CT molecular complexity index is 429. The van der Waals surface area contributed by atoms with E-state index in [4.69, 9.17) is 0 Å². The van der Waals surface area contributed by atoms with Crippen LogP contribution < -0.4 is 5.32 Å². The van der Waals surface area contributed by atoms with Gasteiger partial charge in [-0.05, 0) is 25.1 Å². The molecule has 1 heterocycles. The lowest BCUT2D eigenvalue weighted by Gasteiger charge is -2.06. The first-order valence-corrected chi connectivity index (χ1v) is 5.73. The maximum Gasteiger partial charge on any atom is 0.225 e. The monoisotopic (exact) mass is 221 g/mol. The van der Waals surface area contributed by atoms with Crippen LogP contribution in [0.15, 0.2) is 23.1 Å². The molecule has 1 aromatic carbocycles. The van der Waals surface area contributed by atoms with Crippen molar-refractivity contribution in [3.8, 4) is 0 Å². The van der Waals surface area contributed by atoms with Crippen molar-refractivity contribution in [1.82, 2.24) is 0 Å². The summed E-state index contributed by atoms with van der Waals surface area (Å²) in [4.78, 5) is 23.4. The highest BCUT2D eigenvalue weighted by Crippen LogP contribution is 2.31. The Labute approximate surface area is 92.2 Å². The van der Waals surface area contributed by atoms with E-state index in [1.165, 1.54) is 0 Å². The molecule has 0 saturated heterocycles. The van der Waals surface area contributed by atoms with Gasteiger partial charge in [-0.1, -0.05) is 0 Å². The smallest absolute Gasteiger partial charge is 0.225 e. The molecule has 0 unspecified atom stereocenters. The average molecular weight is 221 g/mol. The van der Waals surface area contributed by atoms with Crippen molar-refractivity contribution in [3.05, 3.63) is 23.8 Å². The summed E-state index contributed by atoms with van der Waals surface area (Å²) in [5.74, 6) is 0.853. The van der Waals surface area contributed by atoms with Crippen LogP contribution in [-0.2, 0) is 4.79 Å². The van der Waals surface area contributed by atoms with E-state index in [2.05, 4.69) is 5.32 Å². The minimum absolute atomic E-state index is 0.0387. The van der Waals surface area contributed by atoms with Gasteiger partial charge in [-0.15, -0.1) is 11.8 Å². The number of thioether (sulfide) groups is 1. The molecule has 0 spiro atoms. The molecule has 0 aromatic heterocycles. The van der Waals surface area contributed by atoms with Gasteiger partial charge in [-0.25, -0.2) is 0 Å². The minimum Gasteiger partial charge on any atom is -0.325 e. The lowest BCUT2D eigenvalue weighted by atomic mass is 10.1. The number of carbonyl (C=O) groups is 2. The number of nitrogens with one attached hydrogen (secondary N) is 1. The number of Topliss-reactive ketones (excluding diaryl/α,β-unsaturated/α-hetero) is 1. The van der Waals surface area contributed by atoms with Crippen molar-refractivity contribution in [2.45, 2.75) is 18.2 Å². The second-order valence-electron chi connectivity index (χ2n) is 3.41. The number of anilines is 1. The molecule has 0 aliphatic carbocycles. The van der Waals surface area contributed by atoms with Gasteiger partial charge in [0.05, 0.1) is 5.69 Å². The van der Waals surface area contributed by atoms with Crippen molar-refractivity contribution in [2.24, 2.45) is 0 Å². The van der Waals surface area contributed by atoms with Gasteiger partial charge in [0.15, 0.2) is 5.78 Å². The summed E-state index contributed by atoms with van der Waals surface area (Å²) in [6.45, 7) is 1.54. The number of carbonyl (C=O) groups excluding carboxylic acids is 2. The zero-order valence-electron chi connectivity index (χ0n) is 8.37. The first kappa shape index (κ1) is 10.2. The summed E-state index contributed by atoms with van der Waals surface area (Å²) in [7, 11) is 0. The molecule has 0 fully saturated rings. The lowest BCUT2D eigenvalue weighted by Crippen LogP contribution is -2.10. The van der Waals surface area contributed by atoms with Crippen LogP contribution in [0.4, 0.5) is 5.69 Å². The Hall–Kier alpha value is -1.29. The van der Waals surface area contributed by atoms with Gasteiger partial charge in [0.2, 0.25) is 5.91 Å². The molecule has 0 atom stereocenters. The zero-order chi connectivity index (χ0) is 10.8. The van der Waals surface area contributed by atoms with Gasteiger partial charge in [0, 0.05) is 22.6 Å². The second-order valence-corrected chi connectivity index (χ2v) is 4.55. The molecule has 0 bridgehead atoms. The predicted molar refractivity (Wildman–Crippen MR) is 60.4 cm³/mol. The average Bonchev–Trinajstić information content (AvgIpc) is 2.37. The SMILES string of the molecule is CC(=O)c1ccc2c(c1)SCCC(=O)N2. The number of fused-ring (bicyclic) bond motifs is 1. The number of hydrogen-bond donors (Lipinski definition) is 1. The van der Waals surface area contributed by atoms with Gasteiger partial charge >= 0.3 is 0 Å². The van der Waals surface area contributed by atoms with Crippen LogP contribution in [0.2, 0.25) is 0 Å². The van der Waals surface area contributed by atoms with Crippen molar-refractivity contribution < 1.29 is 9.59 Å². The lowest BCUT2D eigenvalue weighted by molar-refractivity contribution is -0.115. The summed E-state index contributed by atoms with van der Waals surface area (Å²) in [6.07, 6.45) is 0.523. The van der Waals surface area contributed by atoms with Gasteiger partial charge in [-0.3, -0.25) is 9.59 Å². The first-order chi connectivity index (χ1) is 7.16. The topological polar surface area (TPSA) is 46.2 Å². The van der Waals surface area contributed by atoms with E-state index in [0.717, 1.165) is 16.3 Å². The van der Waals surface area contributed by atoms with E-state index >= 15 is 0 Å². The summed E-state index contributed by atoms with van der Waals surface area (Å²) in [5, 5.41) is 2.82. The van der Waals surface area contributed by atoms with E-state index in [9.17, 15) is 9.59 Å². The third-order valence-electron chi connectivity index (χ3n) is 2.25. The molecule has 2 rings (SSSR count). The Kier molecular flexibility index (Phi) is 2.77. The van der Waals surface area contributed by atoms with Crippen molar-refractivity contribution >= 4 is 29.1 Å². The van der Waals surface area contributed by atoms with Gasteiger partial charge in [0.1, 0.15) is 0 Å². The quantitative estimate of drug-likeness (QED) is 0.740. The number of rotatable bonds is 1.